The smallest absolute Gasteiger partial charge is 0.248 e. The summed E-state index contributed by atoms with van der Waals surface area (Å²) in [6.45, 7) is 4.61. The van der Waals surface area contributed by atoms with Gasteiger partial charge in [-0.05, 0) is 57.3 Å². The van der Waals surface area contributed by atoms with E-state index in [-0.39, 0.29) is 11.6 Å². The molecule has 0 radical (unpaired) electrons. The first-order valence-corrected chi connectivity index (χ1v) is 8.91. The number of hydrogen-bond donors (Lipinski definition) is 2. The second-order valence-electron chi connectivity index (χ2n) is 6.98. The van der Waals surface area contributed by atoms with E-state index in [0.717, 1.165) is 11.6 Å². The molecular weight excluding hydrogens is 274 g/mol. The van der Waals surface area contributed by atoms with E-state index in [1.54, 1.807) is 12.3 Å². The molecule has 1 aromatic rings. The van der Waals surface area contributed by atoms with Crippen LogP contribution in [0.3, 0.4) is 0 Å². The summed E-state index contributed by atoms with van der Waals surface area (Å²) in [6.07, 6.45) is 11.3. The van der Waals surface area contributed by atoms with Crippen LogP contribution in [-0.2, 0) is 0 Å². The van der Waals surface area contributed by atoms with Gasteiger partial charge >= 0.3 is 0 Å². The van der Waals surface area contributed by atoms with Gasteiger partial charge in [0.15, 0.2) is 0 Å². The summed E-state index contributed by atoms with van der Waals surface area (Å²) < 4.78 is 0. The van der Waals surface area contributed by atoms with Gasteiger partial charge in [0.05, 0.1) is 0 Å². The summed E-state index contributed by atoms with van der Waals surface area (Å²) in [6, 6.07) is 5.37. The van der Waals surface area contributed by atoms with E-state index in [9.17, 15) is 4.79 Å². The van der Waals surface area contributed by atoms with Gasteiger partial charge in [-0.1, -0.05) is 19.3 Å². The van der Waals surface area contributed by atoms with Gasteiger partial charge in [0.2, 0.25) is 5.56 Å². The second kappa shape index (κ2) is 7.42. The third kappa shape index (κ3) is 3.99. The molecule has 0 spiro atoms. The molecule has 2 fully saturated rings. The minimum atomic E-state index is -0.0155. The first kappa shape index (κ1) is 15.8. The zero-order valence-corrected chi connectivity index (χ0v) is 13.7. The van der Waals surface area contributed by atoms with E-state index in [4.69, 9.17) is 0 Å². The van der Waals surface area contributed by atoms with Gasteiger partial charge in [-0.15, -0.1) is 0 Å². The summed E-state index contributed by atoms with van der Waals surface area (Å²) in [5.41, 5.74) is 1.07. The van der Waals surface area contributed by atoms with Gasteiger partial charge in [0.25, 0.3) is 0 Å². The van der Waals surface area contributed by atoms with Crippen LogP contribution in [0.4, 0.5) is 0 Å². The van der Waals surface area contributed by atoms with Gasteiger partial charge in [-0.25, -0.2) is 0 Å². The van der Waals surface area contributed by atoms with E-state index >= 15 is 0 Å². The number of likely N-dealkylation sites (tertiary alicyclic amines) is 1. The van der Waals surface area contributed by atoms with E-state index in [0.29, 0.717) is 6.04 Å². The Bertz CT molecular complexity index is 513. The van der Waals surface area contributed by atoms with Crippen molar-refractivity contribution in [3.63, 3.8) is 0 Å². The topological polar surface area (TPSA) is 48.1 Å². The minimum Gasteiger partial charge on any atom is -0.329 e. The van der Waals surface area contributed by atoms with E-state index in [1.165, 1.54) is 58.0 Å². The van der Waals surface area contributed by atoms with Crippen molar-refractivity contribution in [2.45, 2.75) is 70.0 Å². The van der Waals surface area contributed by atoms with Crippen LogP contribution in [0.2, 0.25) is 0 Å². The molecule has 4 heteroatoms. The lowest BCUT2D eigenvalue weighted by Gasteiger charge is -2.40. The number of H-pyrrole nitrogens is 1. The number of pyridine rings is 1. The molecule has 1 aromatic heterocycles. The van der Waals surface area contributed by atoms with Gasteiger partial charge in [0, 0.05) is 30.4 Å². The predicted octanol–water partition coefficient (Wildman–Crippen LogP) is 2.82. The molecule has 4 nitrogen and oxygen atoms in total. The summed E-state index contributed by atoms with van der Waals surface area (Å²) >= 11 is 0. The van der Waals surface area contributed by atoms with Gasteiger partial charge in [0.1, 0.15) is 0 Å². The second-order valence-corrected chi connectivity index (χ2v) is 6.98. The number of piperidine rings is 1. The molecule has 1 unspecified atom stereocenters. The van der Waals surface area contributed by atoms with Crippen LogP contribution in [-0.4, -0.2) is 35.1 Å². The Labute approximate surface area is 133 Å². The van der Waals surface area contributed by atoms with Crippen molar-refractivity contribution < 1.29 is 0 Å². The largest absolute Gasteiger partial charge is 0.329 e. The SMILES string of the molecule is CC(NC1CCN(C2CCCCC2)CC1)c1cc[nH]c(=O)c1. The zero-order valence-electron chi connectivity index (χ0n) is 13.7. The molecule has 0 aromatic carbocycles. The summed E-state index contributed by atoms with van der Waals surface area (Å²) in [7, 11) is 0. The van der Waals surface area contributed by atoms with Crippen LogP contribution in [0, 0.1) is 0 Å². The lowest BCUT2D eigenvalue weighted by atomic mass is 9.92. The van der Waals surface area contributed by atoms with Crippen molar-refractivity contribution in [2.75, 3.05) is 13.1 Å². The van der Waals surface area contributed by atoms with Crippen molar-refractivity contribution in [2.24, 2.45) is 0 Å². The van der Waals surface area contributed by atoms with Crippen LogP contribution >= 0.6 is 0 Å². The van der Waals surface area contributed by atoms with Crippen LogP contribution in [0.5, 0.6) is 0 Å². The molecule has 122 valence electrons. The average molecular weight is 303 g/mol. The number of nitrogens with one attached hydrogen (secondary N) is 2. The van der Waals surface area contributed by atoms with E-state index in [2.05, 4.69) is 22.1 Å². The van der Waals surface area contributed by atoms with E-state index < -0.39 is 0 Å². The summed E-state index contributed by atoms with van der Waals surface area (Å²) in [5.74, 6) is 0. The number of rotatable bonds is 4. The molecule has 1 aliphatic heterocycles. The Balaban J connectivity index is 1.48. The van der Waals surface area contributed by atoms with Gasteiger partial charge in [-0.2, -0.15) is 0 Å². The molecule has 0 bridgehead atoms. The lowest BCUT2D eigenvalue weighted by molar-refractivity contribution is 0.113. The molecule has 1 atom stereocenters. The molecule has 0 amide bonds. The van der Waals surface area contributed by atoms with Crippen LogP contribution in [0.25, 0.3) is 0 Å². The predicted molar refractivity (Wildman–Crippen MR) is 90.1 cm³/mol. The molecule has 1 aliphatic carbocycles. The van der Waals surface area contributed by atoms with Crippen LogP contribution in [0.1, 0.15) is 63.5 Å². The maximum Gasteiger partial charge on any atom is 0.248 e. The average Bonchev–Trinajstić information content (AvgIpc) is 2.56. The van der Waals surface area contributed by atoms with Crippen molar-refractivity contribution >= 4 is 0 Å². The van der Waals surface area contributed by atoms with E-state index in [1.807, 2.05) is 6.07 Å². The lowest BCUT2D eigenvalue weighted by Crippen LogP contribution is -2.47. The Kier molecular flexibility index (Phi) is 5.32. The fourth-order valence-electron chi connectivity index (χ4n) is 4.06. The van der Waals surface area contributed by atoms with Gasteiger partial charge in [-0.3, -0.25) is 4.79 Å². The molecule has 22 heavy (non-hydrogen) atoms. The fourth-order valence-corrected chi connectivity index (χ4v) is 4.06. The quantitative estimate of drug-likeness (QED) is 0.899. The molecular formula is C18H29N3O. The zero-order chi connectivity index (χ0) is 15.4. The maximum absolute atomic E-state index is 11.4. The Hall–Kier alpha value is -1.13. The monoisotopic (exact) mass is 303 g/mol. The molecule has 2 N–H and O–H groups in total. The first-order chi connectivity index (χ1) is 10.7. The Morgan fingerprint density at radius 1 is 1.18 bits per heavy atom. The third-order valence-electron chi connectivity index (χ3n) is 5.41. The molecule has 2 aliphatic rings. The van der Waals surface area contributed by atoms with Crippen LogP contribution < -0.4 is 10.9 Å². The van der Waals surface area contributed by atoms with Gasteiger partial charge < -0.3 is 15.2 Å². The maximum atomic E-state index is 11.4. The number of aromatic nitrogens is 1. The highest BCUT2D eigenvalue weighted by Gasteiger charge is 2.26. The number of nitrogens with zero attached hydrogens (tertiary/aromatic N) is 1. The van der Waals surface area contributed by atoms with Crippen LogP contribution in [0.15, 0.2) is 23.1 Å². The minimum absolute atomic E-state index is 0.0155. The molecule has 1 saturated heterocycles. The molecule has 3 rings (SSSR count). The van der Waals surface area contributed by atoms with Crippen molar-refractivity contribution in [3.8, 4) is 0 Å². The summed E-state index contributed by atoms with van der Waals surface area (Å²) in [4.78, 5) is 16.8. The summed E-state index contributed by atoms with van der Waals surface area (Å²) in [5, 5.41) is 3.71. The fraction of sp³-hybridized carbons (Fsp3) is 0.722. The number of hydrogen-bond acceptors (Lipinski definition) is 3. The number of aromatic amines is 1. The highest BCUT2D eigenvalue weighted by molar-refractivity contribution is 5.14. The molecule has 2 heterocycles. The Morgan fingerprint density at radius 2 is 1.91 bits per heavy atom. The van der Waals surface area contributed by atoms with Crippen molar-refractivity contribution in [1.29, 1.82) is 0 Å². The van der Waals surface area contributed by atoms with Crippen molar-refractivity contribution in [3.05, 3.63) is 34.2 Å². The van der Waals surface area contributed by atoms with Crippen molar-refractivity contribution in [1.82, 2.24) is 15.2 Å². The first-order valence-electron chi connectivity index (χ1n) is 8.91. The molecule has 1 saturated carbocycles. The highest BCUT2D eigenvalue weighted by atomic mass is 16.1. The third-order valence-corrected chi connectivity index (χ3v) is 5.41. The standard InChI is InChI=1S/C18H29N3O/c1-14(15-7-10-19-18(22)13-15)20-16-8-11-21(12-9-16)17-5-3-2-4-6-17/h7,10,13-14,16-17,20H,2-6,8-9,11-12H2,1H3,(H,19,22). The highest BCUT2D eigenvalue weighted by Crippen LogP contribution is 2.26. The Morgan fingerprint density at radius 3 is 2.59 bits per heavy atom. The normalized spacial score (nSPS) is 23.5.